The molecule has 0 bridgehead atoms. The summed E-state index contributed by atoms with van der Waals surface area (Å²) in [5, 5.41) is 7.44. The van der Waals surface area contributed by atoms with Crippen molar-refractivity contribution < 1.29 is 4.74 Å². The van der Waals surface area contributed by atoms with Gasteiger partial charge in [0.25, 0.3) is 0 Å². The van der Waals surface area contributed by atoms with Gasteiger partial charge in [0.1, 0.15) is 5.75 Å². The molecule has 100 valence electrons. The number of methoxy groups -OCH3 is 1. The molecule has 0 amide bonds. The van der Waals surface area contributed by atoms with E-state index < -0.39 is 0 Å². The van der Waals surface area contributed by atoms with Gasteiger partial charge in [-0.05, 0) is 36.8 Å². The molecule has 0 radical (unpaired) electrons. The van der Waals surface area contributed by atoms with E-state index in [2.05, 4.69) is 17.6 Å². The van der Waals surface area contributed by atoms with Crippen LogP contribution >= 0.6 is 23.8 Å². The van der Waals surface area contributed by atoms with Crippen LogP contribution in [0.2, 0.25) is 5.02 Å². The van der Waals surface area contributed by atoms with E-state index >= 15 is 0 Å². The minimum absolute atomic E-state index is 0.566. The summed E-state index contributed by atoms with van der Waals surface area (Å²) in [6.45, 7) is 3.07. The summed E-state index contributed by atoms with van der Waals surface area (Å²) in [6, 6.07) is 5.48. The fourth-order valence-electron chi connectivity index (χ4n) is 1.50. The van der Waals surface area contributed by atoms with E-state index in [0.29, 0.717) is 15.9 Å². The molecule has 3 nitrogen and oxygen atoms in total. The van der Waals surface area contributed by atoms with Crippen LogP contribution in [0.3, 0.4) is 0 Å². The highest BCUT2D eigenvalue weighted by Crippen LogP contribution is 2.27. The van der Waals surface area contributed by atoms with Crippen molar-refractivity contribution >= 4 is 34.6 Å². The van der Waals surface area contributed by atoms with Crippen molar-refractivity contribution in [3.63, 3.8) is 0 Å². The second kappa shape index (κ2) is 8.16. The number of hydrogen-bond donors (Lipinski definition) is 2. The molecule has 0 saturated carbocycles. The van der Waals surface area contributed by atoms with Gasteiger partial charge in [-0.2, -0.15) is 0 Å². The molecular formula is C13H19ClN2OS. The molecule has 1 aromatic carbocycles. The van der Waals surface area contributed by atoms with Gasteiger partial charge in [0.15, 0.2) is 5.11 Å². The van der Waals surface area contributed by atoms with Gasteiger partial charge in [-0.25, -0.2) is 0 Å². The Labute approximate surface area is 119 Å². The number of anilines is 1. The molecule has 1 aromatic rings. The summed E-state index contributed by atoms with van der Waals surface area (Å²) in [5.74, 6) is 0.657. The third-order valence-electron chi connectivity index (χ3n) is 2.48. The molecule has 0 aromatic heterocycles. The minimum Gasteiger partial charge on any atom is -0.495 e. The van der Waals surface area contributed by atoms with Crippen LogP contribution in [-0.2, 0) is 0 Å². The highest BCUT2D eigenvalue weighted by molar-refractivity contribution is 7.80. The summed E-state index contributed by atoms with van der Waals surface area (Å²) in [7, 11) is 1.59. The molecule has 0 aliphatic heterocycles. The van der Waals surface area contributed by atoms with E-state index in [1.165, 1.54) is 12.8 Å². The van der Waals surface area contributed by atoms with E-state index in [9.17, 15) is 0 Å². The zero-order valence-electron chi connectivity index (χ0n) is 10.8. The van der Waals surface area contributed by atoms with E-state index in [1.807, 2.05) is 12.1 Å². The van der Waals surface area contributed by atoms with Crippen LogP contribution in [0, 0.1) is 0 Å². The van der Waals surface area contributed by atoms with Gasteiger partial charge in [-0.1, -0.05) is 31.4 Å². The Kier molecular flexibility index (Phi) is 6.83. The van der Waals surface area contributed by atoms with E-state index in [-0.39, 0.29) is 0 Å². The van der Waals surface area contributed by atoms with Gasteiger partial charge in [-0.15, -0.1) is 0 Å². The Balaban J connectivity index is 2.42. The van der Waals surface area contributed by atoms with Crippen molar-refractivity contribution in [3.05, 3.63) is 23.2 Å². The lowest BCUT2D eigenvalue weighted by molar-refractivity contribution is 0.415. The largest absolute Gasteiger partial charge is 0.495 e. The molecule has 0 heterocycles. The molecule has 0 aliphatic carbocycles. The lowest BCUT2D eigenvalue weighted by atomic mass is 10.2. The van der Waals surface area contributed by atoms with Crippen molar-refractivity contribution in [2.75, 3.05) is 19.0 Å². The second-order valence-electron chi connectivity index (χ2n) is 3.94. The van der Waals surface area contributed by atoms with Crippen LogP contribution < -0.4 is 15.4 Å². The number of rotatable bonds is 6. The van der Waals surface area contributed by atoms with E-state index in [0.717, 1.165) is 18.7 Å². The summed E-state index contributed by atoms with van der Waals surface area (Å²) in [5.41, 5.74) is 0.855. The van der Waals surface area contributed by atoms with Crippen molar-refractivity contribution in [2.45, 2.75) is 26.2 Å². The van der Waals surface area contributed by atoms with Gasteiger partial charge in [0.2, 0.25) is 0 Å². The Morgan fingerprint density at radius 3 is 2.78 bits per heavy atom. The Hall–Kier alpha value is -1.00. The topological polar surface area (TPSA) is 33.3 Å². The Morgan fingerprint density at radius 2 is 2.17 bits per heavy atom. The molecule has 5 heteroatoms. The Bertz CT molecular complexity index is 399. The van der Waals surface area contributed by atoms with E-state index in [4.69, 9.17) is 28.6 Å². The van der Waals surface area contributed by atoms with Gasteiger partial charge in [-0.3, -0.25) is 0 Å². The third-order valence-corrected chi connectivity index (χ3v) is 3.02. The van der Waals surface area contributed by atoms with Gasteiger partial charge in [0.05, 0.1) is 12.1 Å². The average molecular weight is 287 g/mol. The number of halogens is 1. The monoisotopic (exact) mass is 286 g/mol. The highest BCUT2D eigenvalue weighted by atomic mass is 35.5. The summed E-state index contributed by atoms with van der Waals surface area (Å²) >= 11 is 11.2. The predicted octanol–water partition coefficient (Wildman–Crippen LogP) is 3.83. The molecule has 1 rings (SSSR count). The van der Waals surface area contributed by atoms with Crippen molar-refractivity contribution in [2.24, 2.45) is 0 Å². The number of benzene rings is 1. The quantitative estimate of drug-likeness (QED) is 0.615. The van der Waals surface area contributed by atoms with Crippen molar-refractivity contribution in [1.29, 1.82) is 0 Å². The summed E-state index contributed by atoms with van der Waals surface area (Å²) in [6.07, 6.45) is 3.54. The Morgan fingerprint density at radius 1 is 1.39 bits per heavy atom. The van der Waals surface area contributed by atoms with Gasteiger partial charge in [0, 0.05) is 12.2 Å². The minimum atomic E-state index is 0.566. The first-order chi connectivity index (χ1) is 8.67. The first kappa shape index (κ1) is 15.1. The number of ether oxygens (including phenoxy) is 1. The molecule has 0 atom stereocenters. The maximum atomic E-state index is 6.03. The lowest BCUT2D eigenvalue weighted by Gasteiger charge is -2.11. The number of nitrogens with one attached hydrogen (secondary N) is 2. The van der Waals surface area contributed by atoms with Crippen LogP contribution in [0.25, 0.3) is 0 Å². The fraction of sp³-hybridized carbons (Fsp3) is 0.462. The SMILES string of the molecule is CCCCCNC(=S)Nc1ccc(OC)c(Cl)c1. The lowest BCUT2D eigenvalue weighted by Crippen LogP contribution is -2.29. The van der Waals surface area contributed by atoms with Crippen LogP contribution in [-0.4, -0.2) is 18.8 Å². The van der Waals surface area contributed by atoms with Crippen molar-refractivity contribution in [3.8, 4) is 5.75 Å². The molecular weight excluding hydrogens is 268 g/mol. The third kappa shape index (κ3) is 5.10. The molecule has 0 saturated heterocycles. The summed E-state index contributed by atoms with van der Waals surface area (Å²) in [4.78, 5) is 0. The standard InChI is InChI=1S/C13H19ClN2OS/c1-3-4-5-8-15-13(18)16-10-6-7-12(17-2)11(14)9-10/h6-7,9H,3-5,8H2,1-2H3,(H2,15,16,18). The van der Waals surface area contributed by atoms with Crippen LogP contribution in [0.4, 0.5) is 5.69 Å². The maximum Gasteiger partial charge on any atom is 0.170 e. The number of unbranched alkanes of at least 4 members (excludes halogenated alkanes) is 2. The van der Waals surface area contributed by atoms with E-state index in [1.54, 1.807) is 13.2 Å². The number of hydrogen-bond acceptors (Lipinski definition) is 2. The van der Waals surface area contributed by atoms with Crippen LogP contribution in [0.15, 0.2) is 18.2 Å². The zero-order valence-corrected chi connectivity index (χ0v) is 12.3. The predicted molar refractivity (Wildman–Crippen MR) is 81.8 cm³/mol. The molecule has 0 fully saturated rings. The molecule has 2 N–H and O–H groups in total. The normalized spacial score (nSPS) is 9.94. The zero-order chi connectivity index (χ0) is 13.4. The first-order valence-corrected chi connectivity index (χ1v) is 6.84. The molecule has 0 spiro atoms. The molecule has 0 unspecified atom stereocenters. The van der Waals surface area contributed by atoms with Crippen LogP contribution in [0.5, 0.6) is 5.75 Å². The first-order valence-electron chi connectivity index (χ1n) is 6.05. The molecule has 18 heavy (non-hydrogen) atoms. The van der Waals surface area contributed by atoms with Crippen LogP contribution in [0.1, 0.15) is 26.2 Å². The number of thiocarbonyl (C=S) groups is 1. The van der Waals surface area contributed by atoms with Gasteiger partial charge < -0.3 is 15.4 Å². The van der Waals surface area contributed by atoms with Gasteiger partial charge >= 0.3 is 0 Å². The second-order valence-corrected chi connectivity index (χ2v) is 4.75. The average Bonchev–Trinajstić information content (AvgIpc) is 2.35. The maximum absolute atomic E-state index is 6.03. The summed E-state index contributed by atoms with van der Waals surface area (Å²) < 4.78 is 5.09. The smallest absolute Gasteiger partial charge is 0.170 e. The highest BCUT2D eigenvalue weighted by Gasteiger charge is 2.02. The van der Waals surface area contributed by atoms with Crippen molar-refractivity contribution in [1.82, 2.24) is 5.32 Å². The fourth-order valence-corrected chi connectivity index (χ4v) is 1.97. The molecule has 0 aliphatic rings.